The van der Waals surface area contributed by atoms with Crippen LogP contribution in [-0.4, -0.2) is 15.4 Å². The van der Waals surface area contributed by atoms with Gasteiger partial charge in [0.1, 0.15) is 0 Å². The third kappa shape index (κ3) is 21.8. The molecule has 0 N–H and O–H groups in total. The van der Waals surface area contributed by atoms with E-state index in [1.165, 1.54) is 83.5 Å². The second kappa shape index (κ2) is 19.9. The standard InChI is InChI=1S/C19H38O3S/c1-2-3-4-5-6-7-8-9-10-11-12-13-14-15-16-17-18-19-22-23(20)21/h9-10H,2-8,11-19H2,1H3,(H,20,21)/p-1/b10-9-. The summed E-state index contributed by atoms with van der Waals surface area (Å²) < 4.78 is 24.8. The lowest BCUT2D eigenvalue weighted by Gasteiger charge is -2.05. The van der Waals surface area contributed by atoms with E-state index < -0.39 is 11.4 Å². The van der Waals surface area contributed by atoms with Crippen molar-refractivity contribution < 1.29 is 12.9 Å². The summed E-state index contributed by atoms with van der Waals surface area (Å²) in [4.78, 5) is 0. The number of hydrogen-bond donors (Lipinski definition) is 0. The molecule has 4 heteroatoms. The molecule has 0 amide bonds. The summed E-state index contributed by atoms with van der Waals surface area (Å²) in [5.74, 6) is 0. The summed E-state index contributed by atoms with van der Waals surface area (Å²) in [7, 11) is 0. The molecular weight excluding hydrogens is 308 g/mol. The summed E-state index contributed by atoms with van der Waals surface area (Å²) in [6.07, 6.45) is 23.7. The second-order valence-corrected chi connectivity index (χ2v) is 6.96. The smallest absolute Gasteiger partial charge is 0.0842 e. The van der Waals surface area contributed by atoms with Crippen LogP contribution in [0.2, 0.25) is 0 Å². The molecule has 0 aliphatic heterocycles. The van der Waals surface area contributed by atoms with Gasteiger partial charge in [-0.05, 0) is 32.1 Å². The Morgan fingerprint density at radius 3 is 1.65 bits per heavy atom. The average molecular weight is 346 g/mol. The number of hydrogen-bond acceptors (Lipinski definition) is 3. The van der Waals surface area contributed by atoms with E-state index in [2.05, 4.69) is 23.3 Å². The average Bonchev–Trinajstić information content (AvgIpc) is 2.53. The molecule has 1 unspecified atom stereocenters. The fraction of sp³-hybridized carbons (Fsp3) is 0.895. The van der Waals surface area contributed by atoms with Crippen molar-refractivity contribution in [3.63, 3.8) is 0 Å². The Morgan fingerprint density at radius 1 is 0.739 bits per heavy atom. The molecule has 0 saturated heterocycles. The van der Waals surface area contributed by atoms with E-state index in [4.69, 9.17) is 0 Å². The number of allylic oxidation sites excluding steroid dienone is 2. The van der Waals surface area contributed by atoms with E-state index in [0.717, 1.165) is 12.8 Å². The Morgan fingerprint density at radius 2 is 1.17 bits per heavy atom. The molecule has 3 nitrogen and oxygen atoms in total. The molecule has 138 valence electrons. The van der Waals surface area contributed by atoms with Crippen LogP contribution in [0.4, 0.5) is 0 Å². The molecule has 0 heterocycles. The molecule has 0 bridgehead atoms. The summed E-state index contributed by atoms with van der Waals surface area (Å²) in [5.41, 5.74) is 0. The molecule has 0 aromatic carbocycles. The van der Waals surface area contributed by atoms with Crippen LogP contribution in [0.5, 0.6) is 0 Å². The van der Waals surface area contributed by atoms with Crippen LogP contribution in [0.3, 0.4) is 0 Å². The molecule has 0 aromatic rings. The fourth-order valence-electron chi connectivity index (χ4n) is 2.65. The molecule has 23 heavy (non-hydrogen) atoms. The van der Waals surface area contributed by atoms with Gasteiger partial charge < -0.3 is 8.74 Å². The normalized spacial score (nSPS) is 13.0. The van der Waals surface area contributed by atoms with Crippen LogP contribution < -0.4 is 0 Å². The SMILES string of the molecule is CCCCCCCC/C=C\CCCCCCCCCOS(=O)[O-]. The van der Waals surface area contributed by atoms with Crippen molar-refractivity contribution in [2.24, 2.45) is 0 Å². The summed E-state index contributed by atoms with van der Waals surface area (Å²) >= 11 is -2.34. The van der Waals surface area contributed by atoms with Gasteiger partial charge in [0, 0.05) is 0 Å². The first-order valence-corrected chi connectivity index (χ1v) is 10.6. The molecule has 0 saturated carbocycles. The largest absolute Gasteiger partial charge is 0.750 e. The molecule has 0 fully saturated rings. The van der Waals surface area contributed by atoms with Crippen LogP contribution in [0.1, 0.15) is 103 Å². The monoisotopic (exact) mass is 345 g/mol. The molecule has 1 atom stereocenters. The molecule has 0 aromatic heterocycles. The van der Waals surface area contributed by atoms with Gasteiger partial charge in [0.2, 0.25) is 0 Å². The van der Waals surface area contributed by atoms with Crippen molar-refractivity contribution in [2.75, 3.05) is 6.61 Å². The maximum atomic E-state index is 10.1. The van der Waals surface area contributed by atoms with Gasteiger partial charge in [0.15, 0.2) is 0 Å². The minimum absolute atomic E-state index is 0.333. The maximum absolute atomic E-state index is 10.1. The predicted molar refractivity (Wildman–Crippen MR) is 98.9 cm³/mol. The summed E-state index contributed by atoms with van der Waals surface area (Å²) in [6.45, 7) is 2.60. The highest BCUT2D eigenvalue weighted by Crippen LogP contribution is 2.10. The topological polar surface area (TPSA) is 49.4 Å². The lowest BCUT2D eigenvalue weighted by atomic mass is 10.1. The Kier molecular flexibility index (Phi) is 19.7. The Balaban J connectivity index is 3.06. The number of rotatable bonds is 18. The Hall–Kier alpha value is -0.190. The van der Waals surface area contributed by atoms with Gasteiger partial charge in [-0.1, -0.05) is 83.3 Å². The zero-order valence-electron chi connectivity index (χ0n) is 15.1. The minimum atomic E-state index is -2.34. The third-order valence-electron chi connectivity index (χ3n) is 4.09. The van der Waals surface area contributed by atoms with Gasteiger partial charge in [-0.15, -0.1) is 0 Å². The maximum Gasteiger partial charge on any atom is 0.0842 e. The molecular formula is C19H37O3S-. The molecule has 0 radical (unpaired) electrons. The van der Waals surface area contributed by atoms with Crippen LogP contribution in [0.15, 0.2) is 12.2 Å². The van der Waals surface area contributed by atoms with E-state index in [1.807, 2.05) is 0 Å². The first kappa shape index (κ1) is 22.8. The van der Waals surface area contributed by atoms with Gasteiger partial charge in [-0.25, -0.2) is 4.21 Å². The first-order valence-electron chi connectivity index (χ1n) is 9.65. The quantitative estimate of drug-likeness (QED) is 0.168. The van der Waals surface area contributed by atoms with Crippen LogP contribution >= 0.6 is 0 Å². The lowest BCUT2D eigenvalue weighted by Crippen LogP contribution is -1.97. The van der Waals surface area contributed by atoms with Crippen LogP contribution in [0, 0.1) is 0 Å². The van der Waals surface area contributed by atoms with Gasteiger partial charge >= 0.3 is 0 Å². The van der Waals surface area contributed by atoms with Crippen molar-refractivity contribution in [3.8, 4) is 0 Å². The van der Waals surface area contributed by atoms with Crippen molar-refractivity contribution >= 4 is 11.4 Å². The van der Waals surface area contributed by atoms with E-state index in [0.29, 0.717) is 6.61 Å². The first-order chi connectivity index (χ1) is 11.3. The van der Waals surface area contributed by atoms with E-state index in [-0.39, 0.29) is 0 Å². The number of unbranched alkanes of at least 4 members (excludes halogenated alkanes) is 13. The van der Waals surface area contributed by atoms with Crippen molar-refractivity contribution in [1.82, 2.24) is 0 Å². The van der Waals surface area contributed by atoms with Crippen molar-refractivity contribution in [2.45, 2.75) is 103 Å². The highest BCUT2D eigenvalue weighted by molar-refractivity contribution is 7.74. The molecule has 0 rings (SSSR count). The van der Waals surface area contributed by atoms with Gasteiger partial charge in [0.25, 0.3) is 0 Å². The van der Waals surface area contributed by atoms with Crippen molar-refractivity contribution in [3.05, 3.63) is 12.2 Å². The van der Waals surface area contributed by atoms with Gasteiger partial charge in [0.05, 0.1) is 18.0 Å². The van der Waals surface area contributed by atoms with Crippen LogP contribution in [-0.2, 0) is 15.5 Å². The highest BCUT2D eigenvalue weighted by atomic mass is 32.2. The van der Waals surface area contributed by atoms with Gasteiger partial charge in [-0.3, -0.25) is 0 Å². The zero-order valence-corrected chi connectivity index (χ0v) is 15.9. The van der Waals surface area contributed by atoms with E-state index >= 15 is 0 Å². The van der Waals surface area contributed by atoms with Crippen LogP contribution in [0.25, 0.3) is 0 Å². The minimum Gasteiger partial charge on any atom is -0.750 e. The summed E-state index contributed by atoms with van der Waals surface area (Å²) in [6, 6.07) is 0. The zero-order chi connectivity index (χ0) is 17.0. The second-order valence-electron chi connectivity index (χ2n) is 6.32. The Bertz CT molecular complexity index is 280. The molecule has 0 spiro atoms. The summed E-state index contributed by atoms with van der Waals surface area (Å²) in [5, 5.41) is 0. The highest BCUT2D eigenvalue weighted by Gasteiger charge is 1.92. The van der Waals surface area contributed by atoms with E-state index in [1.54, 1.807) is 0 Å². The Labute approximate surface area is 146 Å². The lowest BCUT2D eigenvalue weighted by molar-refractivity contribution is 0.290. The molecule has 0 aliphatic rings. The van der Waals surface area contributed by atoms with E-state index in [9.17, 15) is 8.76 Å². The third-order valence-corrected chi connectivity index (χ3v) is 4.44. The molecule has 0 aliphatic carbocycles. The predicted octanol–water partition coefficient (Wildman–Crippen LogP) is 6.22. The fourth-order valence-corrected chi connectivity index (χ4v) is 2.91. The van der Waals surface area contributed by atoms with Crippen molar-refractivity contribution in [1.29, 1.82) is 0 Å². The van der Waals surface area contributed by atoms with Gasteiger partial charge in [-0.2, -0.15) is 0 Å².